The van der Waals surface area contributed by atoms with E-state index in [0.29, 0.717) is 33.7 Å². The molecule has 0 bridgehead atoms. The van der Waals surface area contributed by atoms with Crippen LogP contribution >= 0.6 is 27.5 Å². The number of rotatable bonds is 8. The van der Waals surface area contributed by atoms with Crippen LogP contribution in [-0.4, -0.2) is 28.4 Å². The average Bonchev–Trinajstić information content (AvgIpc) is 2.88. The Bertz CT molecular complexity index is 1540. The van der Waals surface area contributed by atoms with Crippen molar-refractivity contribution in [3.8, 4) is 5.75 Å². The molecule has 0 aliphatic heterocycles. The van der Waals surface area contributed by atoms with Crippen LogP contribution in [0.1, 0.15) is 37.6 Å². The number of hydrogen-bond acceptors (Lipinski definition) is 5. The van der Waals surface area contributed by atoms with Gasteiger partial charge in [0.15, 0.2) is 6.61 Å². The molecule has 0 aliphatic rings. The number of anilines is 1. The highest BCUT2D eigenvalue weighted by Crippen LogP contribution is 2.25. The number of hydrogen-bond donors (Lipinski definition) is 1. The number of amides is 1. The summed E-state index contributed by atoms with van der Waals surface area (Å²) in [5, 5.41) is 7.78. The summed E-state index contributed by atoms with van der Waals surface area (Å²) in [6, 6.07) is 15.7. The SMILES string of the molecule is CC[C@H](C)c1nc2ccc(Br)cc2c(=O)n1N=Cc1ccc(OCC(=O)Nc2ccc(F)cc2)c(Cl)c1. The second-order valence-electron chi connectivity index (χ2n) is 8.34. The fourth-order valence-electron chi connectivity index (χ4n) is 3.49. The van der Waals surface area contributed by atoms with E-state index >= 15 is 0 Å². The van der Waals surface area contributed by atoms with Crippen LogP contribution in [-0.2, 0) is 4.79 Å². The summed E-state index contributed by atoms with van der Waals surface area (Å²) in [4.78, 5) is 30.1. The number of carbonyl (C=O) groups excluding carboxylic acids is 1. The van der Waals surface area contributed by atoms with Gasteiger partial charge in [-0.05, 0) is 72.6 Å². The Balaban J connectivity index is 1.52. The van der Waals surface area contributed by atoms with Gasteiger partial charge in [0.05, 0.1) is 22.1 Å². The normalized spacial score (nSPS) is 12.1. The molecule has 1 atom stereocenters. The zero-order valence-electron chi connectivity index (χ0n) is 20.0. The van der Waals surface area contributed by atoms with Crippen LogP contribution in [0.2, 0.25) is 5.02 Å². The summed E-state index contributed by atoms with van der Waals surface area (Å²) in [6.07, 6.45) is 2.31. The number of fused-ring (bicyclic) bond motifs is 1. The highest BCUT2D eigenvalue weighted by Gasteiger charge is 2.16. The summed E-state index contributed by atoms with van der Waals surface area (Å²) in [5.74, 6) is 0.0779. The molecule has 1 N–H and O–H groups in total. The van der Waals surface area contributed by atoms with Crippen LogP contribution in [0.5, 0.6) is 5.75 Å². The Morgan fingerprint density at radius 3 is 2.68 bits per heavy atom. The number of nitrogens with zero attached hydrogens (tertiary/aromatic N) is 3. The summed E-state index contributed by atoms with van der Waals surface area (Å²) in [6.45, 7) is 3.74. The van der Waals surface area contributed by atoms with Crippen LogP contribution in [0.25, 0.3) is 10.9 Å². The largest absolute Gasteiger partial charge is 0.482 e. The molecule has 7 nitrogen and oxygen atoms in total. The summed E-state index contributed by atoms with van der Waals surface area (Å²) in [5.41, 5.74) is 1.43. The molecule has 0 spiro atoms. The second-order valence-corrected chi connectivity index (χ2v) is 9.66. The molecule has 3 aromatic carbocycles. The van der Waals surface area contributed by atoms with Crippen molar-refractivity contribution in [3.05, 3.63) is 97.7 Å². The van der Waals surface area contributed by atoms with E-state index in [-0.39, 0.29) is 23.1 Å². The third kappa shape index (κ3) is 6.42. The second kappa shape index (κ2) is 11.7. The van der Waals surface area contributed by atoms with Gasteiger partial charge in [-0.1, -0.05) is 41.4 Å². The number of benzene rings is 3. The lowest BCUT2D eigenvalue weighted by Crippen LogP contribution is -2.23. The lowest BCUT2D eigenvalue weighted by molar-refractivity contribution is -0.118. The molecular weight excluding hydrogens is 563 g/mol. The first kappa shape index (κ1) is 26.5. The third-order valence-electron chi connectivity index (χ3n) is 5.65. The molecule has 0 fully saturated rings. The van der Waals surface area contributed by atoms with Gasteiger partial charge in [0, 0.05) is 16.1 Å². The van der Waals surface area contributed by atoms with E-state index in [4.69, 9.17) is 21.3 Å². The number of carbonyl (C=O) groups is 1. The van der Waals surface area contributed by atoms with Gasteiger partial charge in [0.1, 0.15) is 17.4 Å². The van der Waals surface area contributed by atoms with E-state index in [9.17, 15) is 14.0 Å². The molecule has 37 heavy (non-hydrogen) atoms. The first-order chi connectivity index (χ1) is 17.7. The Morgan fingerprint density at radius 2 is 1.97 bits per heavy atom. The maximum Gasteiger partial charge on any atom is 0.282 e. The molecule has 0 aliphatic carbocycles. The molecule has 1 heterocycles. The van der Waals surface area contributed by atoms with Crippen molar-refractivity contribution in [2.45, 2.75) is 26.2 Å². The van der Waals surface area contributed by atoms with Crippen LogP contribution in [0.3, 0.4) is 0 Å². The zero-order chi connectivity index (χ0) is 26.5. The minimum absolute atomic E-state index is 0.0123. The zero-order valence-corrected chi connectivity index (χ0v) is 22.4. The van der Waals surface area contributed by atoms with E-state index < -0.39 is 11.7 Å². The Morgan fingerprint density at radius 1 is 1.22 bits per heavy atom. The quantitative estimate of drug-likeness (QED) is 0.244. The number of nitrogens with one attached hydrogen (secondary N) is 1. The van der Waals surface area contributed by atoms with Crippen LogP contribution < -0.4 is 15.6 Å². The minimum atomic E-state index is -0.416. The Kier molecular flexibility index (Phi) is 8.35. The Labute approximate surface area is 226 Å². The van der Waals surface area contributed by atoms with E-state index in [1.807, 2.05) is 19.9 Å². The molecule has 0 saturated heterocycles. The van der Waals surface area contributed by atoms with Gasteiger partial charge in [0.25, 0.3) is 11.5 Å². The van der Waals surface area contributed by atoms with E-state index in [2.05, 4.69) is 26.3 Å². The number of halogens is 3. The van der Waals surface area contributed by atoms with Gasteiger partial charge in [0.2, 0.25) is 0 Å². The summed E-state index contributed by atoms with van der Waals surface area (Å²) in [7, 11) is 0. The van der Waals surface area contributed by atoms with Crippen molar-refractivity contribution in [1.82, 2.24) is 9.66 Å². The molecule has 10 heteroatoms. The number of aromatic nitrogens is 2. The molecule has 1 amide bonds. The fraction of sp³-hybridized carbons (Fsp3) is 0.185. The average molecular weight is 586 g/mol. The van der Waals surface area contributed by atoms with Gasteiger partial charge in [-0.15, -0.1) is 0 Å². The highest BCUT2D eigenvalue weighted by molar-refractivity contribution is 9.10. The van der Waals surface area contributed by atoms with Crippen molar-refractivity contribution >= 4 is 56.2 Å². The third-order valence-corrected chi connectivity index (χ3v) is 6.44. The summed E-state index contributed by atoms with van der Waals surface area (Å²) >= 11 is 9.76. The van der Waals surface area contributed by atoms with Crippen molar-refractivity contribution < 1.29 is 13.9 Å². The van der Waals surface area contributed by atoms with E-state index in [1.54, 1.807) is 30.3 Å². The van der Waals surface area contributed by atoms with Gasteiger partial charge < -0.3 is 10.1 Å². The van der Waals surface area contributed by atoms with Crippen LogP contribution in [0, 0.1) is 5.82 Å². The topological polar surface area (TPSA) is 85.6 Å². The lowest BCUT2D eigenvalue weighted by Gasteiger charge is -2.14. The maximum absolute atomic E-state index is 13.2. The fourth-order valence-corrected chi connectivity index (χ4v) is 4.10. The first-order valence-corrected chi connectivity index (χ1v) is 12.7. The Hall–Kier alpha value is -3.56. The predicted molar refractivity (Wildman–Crippen MR) is 147 cm³/mol. The summed E-state index contributed by atoms with van der Waals surface area (Å²) < 4.78 is 20.6. The highest BCUT2D eigenvalue weighted by atomic mass is 79.9. The molecular formula is C27H23BrClFN4O3. The molecule has 190 valence electrons. The van der Waals surface area contributed by atoms with Crippen molar-refractivity contribution in [3.63, 3.8) is 0 Å². The standard InChI is InChI=1S/C27H23BrClFN4O3/c1-3-16(2)26-33-23-10-5-18(28)13-21(23)27(36)34(26)31-14-17-4-11-24(22(29)12-17)37-15-25(35)32-20-8-6-19(30)7-9-20/h4-14,16H,3,15H2,1-2H3,(H,32,35)/t16-/m0/s1. The van der Waals surface area contributed by atoms with Crippen molar-refractivity contribution in [2.24, 2.45) is 5.10 Å². The molecule has 0 radical (unpaired) electrons. The van der Waals surface area contributed by atoms with Crippen LogP contribution in [0.15, 0.2) is 75.0 Å². The van der Waals surface area contributed by atoms with Gasteiger partial charge in [-0.3, -0.25) is 9.59 Å². The van der Waals surface area contributed by atoms with Gasteiger partial charge in [-0.2, -0.15) is 9.78 Å². The van der Waals surface area contributed by atoms with E-state index in [0.717, 1.165) is 10.9 Å². The van der Waals surface area contributed by atoms with Crippen LogP contribution in [0.4, 0.5) is 10.1 Å². The molecule has 4 rings (SSSR count). The monoisotopic (exact) mass is 584 g/mol. The van der Waals surface area contributed by atoms with Crippen molar-refractivity contribution in [2.75, 3.05) is 11.9 Å². The molecule has 0 unspecified atom stereocenters. The van der Waals surface area contributed by atoms with Gasteiger partial charge >= 0.3 is 0 Å². The lowest BCUT2D eigenvalue weighted by atomic mass is 10.1. The first-order valence-electron chi connectivity index (χ1n) is 11.5. The predicted octanol–water partition coefficient (Wildman–Crippen LogP) is 6.36. The van der Waals surface area contributed by atoms with Gasteiger partial charge in [-0.25, -0.2) is 9.37 Å². The smallest absolute Gasteiger partial charge is 0.282 e. The number of ether oxygens (including phenoxy) is 1. The molecule has 4 aromatic rings. The maximum atomic E-state index is 13.2. The molecule has 1 aromatic heterocycles. The van der Waals surface area contributed by atoms with E-state index in [1.165, 1.54) is 35.2 Å². The minimum Gasteiger partial charge on any atom is -0.482 e. The van der Waals surface area contributed by atoms with Crippen molar-refractivity contribution in [1.29, 1.82) is 0 Å². The molecule has 0 saturated carbocycles.